The molecule has 8 nitrogen and oxygen atoms in total. The number of benzene rings is 1. The Balaban J connectivity index is 1.45. The van der Waals surface area contributed by atoms with E-state index >= 15 is 0 Å². The second-order valence-electron chi connectivity index (χ2n) is 5.84. The molecule has 2 heterocycles. The van der Waals surface area contributed by atoms with E-state index in [1.165, 1.54) is 6.33 Å². The van der Waals surface area contributed by atoms with E-state index in [1.807, 2.05) is 50.4 Å². The van der Waals surface area contributed by atoms with Gasteiger partial charge in [-0.1, -0.05) is 12.1 Å². The van der Waals surface area contributed by atoms with Gasteiger partial charge in [-0.05, 0) is 37.6 Å². The quantitative estimate of drug-likeness (QED) is 0.593. The number of carbonyl (C=O) groups excluding carboxylic acids is 1. The number of aryl methyl sites for hydroxylation is 2. The minimum atomic E-state index is -0.243. The minimum Gasteiger partial charge on any atom is -0.368 e. The number of aromatic nitrogens is 4. The van der Waals surface area contributed by atoms with Crippen LogP contribution in [0.2, 0.25) is 0 Å². The molecule has 2 amide bonds. The third kappa shape index (κ3) is 4.79. The molecule has 3 N–H and O–H groups in total. The topological polar surface area (TPSA) is 96.8 Å². The van der Waals surface area contributed by atoms with Crippen LogP contribution in [0.15, 0.2) is 48.9 Å². The first-order chi connectivity index (χ1) is 12.6. The molecule has 0 bridgehead atoms. The predicted octanol–water partition coefficient (Wildman–Crippen LogP) is 2.51. The number of urea groups is 1. The Labute approximate surface area is 151 Å². The van der Waals surface area contributed by atoms with E-state index in [2.05, 4.69) is 31.0 Å². The molecule has 0 saturated heterocycles. The Bertz CT molecular complexity index is 891. The summed E-state index contributed by atoms with van der Waals surface area (Å²) in [7, 11) is 0. The fourth-order valence-corrected chi connectivity index (χ4v) is 2.38. The molecule has 0 atom stereocenters. The third-order valence-electron chi connectivity index (χ3n) is 3.60. The number of anilines is 2. The molecule has 3 aromatic rings. The van der Waals surface area contributed by atoms with Gasteiger partial charge in [0.15, 0.2) is 5.82 Å². The number of nitrogens with zero attached hydrogens (tertiary/aromatic N) is 4. The van der Waals surface area contributed by atoms with Crippen molar-refractivity contribution in [3.63, 3.8) is 0 Å². The van der Waals surface area contributed by atoms with Crippen molar-refractivity contribution in [2.24, 2.45) is 0 Å². The fraction of sp³-hybridized carbons (Fsp3) is 0.222. The van der Waals surface area contributed by atoms with Gasteiger partial charge in [-0.3, -0.25) is 0 Å². The average molecular weight is 351 g/mol. The van der Waals surface area contributed by atoms with Crippen LogP contribution in [0.5, 0.6) is 0 Å². The molecule has 0 fully saturated rings. The molecule has 1 aromatic carbocycles. The highest BCUT2D eigenvalue weighted by atomic mass is 16.2. The number of rotatable bonds is 6. The minimum absolute atomic E-state index is 0.243. The van der Waals surface area contributed by atoms with Crippen molar-refractivity contribution in [2.75, 3.05) is 23.7 Å². The third-order valence-corrected chi connectivity index (χ3v) is 3.60. The molecule has 0 radical (unpaired) electrons. The van der Waals surface area contributed by atoms with E-state index in [-0.39, 0.29) is 6.03 Å². The maximum absolute atomic E-state index is 11.9. The normalized spacial score (nSPS) is 10.4. The van der Waals surface area contributed by atoms with Crippen molar-refractivity contribution >= 4 is 17.5 Å². The molecule has 0 saturated carbocycles. The van der Waals surface area contributed by atoms with Gasteiger partial charge in [0.05, 0.1) is 5.69 Å². The predicted molar refractivity (Wildman–Crippen MR) is 101 cm³/mol. The van der Waals surface area contributed by atoms with Crippen LogP contribution in [0.4, 0.5) is 16.3 Å². The number of nitrogens with one attached hydrogen (secondary N) is 3. The molecule has 2 aromatic heterocycles. The van der Waals surface area contributed by atoms with Gasteiger partial charge in [-0.15, -0.1) is 0 Å². The van der Waals surface area contributed by atoms with Crippen molar-refractivity contribution in [1.29, 1.82) is 0 Å². The average Bonchev–Trinajstić information content (AvgIpc) is 3.06. The van der Waals surface area contributed by atoms with Gasteiger partial charge in [-0.2, -0.15) is 5.10 Å². The first-order valence-corrected chi connectivity index (χ1v) is 8.30. The van der Waals surface area contributed by atoms with E-state index < -0.39 is 0 Å². The lowest BCUT2D eigenvalue weighted by atomic mass is 10.2. The highest BCUT2D eigenvalue weighted by Crippen LogP contribution is 2.09. The Morgan fingerprint density at radius 1 is 1.12 bits per heavy atom. The van der Waals surface area contributed by atoms with Crippen LogP contribution < -0.4 is 16.0 Å². The first kappa shape index (κ1) is 17.4. The van der Waals surface area contributed by atoms with E-state index in [4.69, 9.17) is 0 Å². The second kappa shape index (κ2) is 8.11. The zero-order chi connectivity index (χ0) is 18.4. The van der Waals surface area contributed by atoms with E-state index in [1.54, 1.807) is 10.7 Å². The van der Waals surface area contributed by atoms with Crippen LogP contribution in [0.3, 0.4) is 0 Å². The zero-order valence-electron chi connectivity index (χ0n) is 14.7. The van der Waals surface area contributed by atoms with Gasteiger partial charge in [0.25, 0.3) is 0 Å². The fourth-order valence-electron chi connectivity index (χ4n) is 2.38. The van der Waals surface area contributed by atoms with Gasteiger partial charge < -0.3 is 16.0 Å². The lowest BCUT2D eigenvalue weighted by Crippen LogP contribution is -2.32. The summed E-state index contributed by atoms with van der Waals surface area (Å²) >= 11 is 0. The van der Waals surface area contributed by atoms with Crippen LogP contribution in [0.1, 0.15) is 11.3 Å². The van der Waals surface area contributed by atoms with Crippen molar-refractivity contribution in [3.8, 4) is 5.82 Å². The lowest BCUT2D eigenvalue weighted by molar-refractivity contribution is 0.252. The largest absolute Gasteiger partial charge is 0.368 e. The molecular weight excluding hydrogens is 330 g/mol. The summed E-state index contributed by atoms with van der Waals surface area (Å²) in [5, 5.41) is 13.1. The van der Waals surface area contributed by atoms with Gasteiger partial charge in [-0.25, -0.2) is 19.4 Å². The van der Waals surface area contributed by atoms with Crippen LogP contribution in [-0.2, 0) is 0 Å². The Hall–Kier alpha value is -3.42. The van der Waals surface area contributed by atoms with Crippen molar-refractivity contribution in [3.05, 3.63) is 60.2 Å². The van der Waals surface area contributed by atoms with Crippen LogP contribution in [-0.4, -0.2) is 38.9 Å². The molecule has 134 valence electrons. The number of hydrogen-bond donors (Lipinski definition) is 3. The molecule has 0 aliphatic heterocycles. The molecule has 8 heteroatoms. The van der Waals surface area contributed by atoms with E-state index in [0.29, 0.717) is 24.7 Å². The molecule has 0 unspecified atom stereocenters. The van der Waals surface area contributed by atoms with Crippen LogP contribution in [0, 0.1) is 13.8 Å². The van der Waals surface area contributed by atoms with Crippen molar-refractivity contribution in [2.45, 2.75) is 13.8 Å². The van der Waals surface area contributed by atoms with E-state index in [0.717, 1.165) is 16.9 Å². The second-order valence-corrected chi connectivity index (χ2v) is 5.84. The van der Waals surface area contributed by atoms with Gasteiger partial charge in [0.2, 0.25) is 0 Å². The molecular formula is C18H21N7O. The number of hydrogen-bond acceptors (Lipinski definition) is 5. The molecule has 0 aliphatic carbocycles. The summed E-state index contributed by atoms with van der Waals surface area (Å²) in [6.07, 6.45) is 3.32. The summed E-state index contributed by atoms with van der Waals surface area (Å²) in [4.78, 5) is 20.3. The standard InChI is InChI=1S/C18H21N7O/c1-13-4-3-5-15(10-13)23-18(26)20-8-7-19-16-11-17(22-12-21-16)25-9-6-14(2)24-25/h3-6,9-12H,7-8H2,1-2H3,(H,19,21,22)(H2,20,23,26). The summed E-state index contributed by atoms with van der Waals surface area (Å²) in [5.74, 6) is 1.35. The van der Waals surface area contributed by atoms with Gasteiger partial charge in [0, 0.05) is 31.0 Å². The van der Waals surface area contributed by atoms with Crippen LogP contribution >= 0.6 is 0 Å². The molecule has 0 spiro atoms. The Morgan fingerprint density at radius 3 is 2.77 bits per heavy atom. The summed E-state index contributed by atoms with van der Waals surface area (Å²) in [5.41, 5.74) is 2.78. The highest BCUT2D eigenvalue weighted by molar-refractivity contribution is 5.89. The van der Waals surface area contributed by atoms with Gasteiger partial charge >= 0.3 is 6.03 Å². The summed E-state index contributed by atoms with van der Waals surface area (Å²) < 4.78 is 1.69. The van der Waals surface area contributed by atoms with Crippen LogP contribution in [0.25, 0.3) is 5.82 Å². The van der Waals surface area contributed by atoms with Crippen molar-refractivity contribution < 1.29 is 4.79 Å². The Kier molecular flexibility index (Phi) is 5.43. The molecule has 0 aliphatic rings. The highest BCUT2D eigenvalue weighted by Gasteiger charge is 2.03. The smallest absolute Gasteiger partial charge is 0.319 e. The number of carbonyl (C=O) groups is 1. The zero-order valence-corrected chi connectivity index (χ0v) is 14.7. The maximum Gasteiger partial charge on any atom is 0.319 e. The summed E-state index contributed by atoms with van der Waals surface area (Å²) in [6, 6.07) is 11.1. The lowest BCUT2D eigenvalue weighted by Gasteiger charge is -2.10. The number of amides is 2. The molecule has 3 rings (SSSR count). The SMILES string of the molecule is Cc1cccc(NC(=O)NCCNc2cc(-n3ccc(C)n3)ncn2)c1. The Morgan fingerprint density at radius 2 is 2.00 bits per heavy atom. The van der Waals surface area contributed by atoms with E-state index in [9.17, 15) is 4.79 Å². The first-order valence-electron chi connectivity index (χ1n) is 8.30. The maximum atomic E-state index is 11.9. The summed E-state index contributed by atoms with van der Waals surface area (Å²) in [6.45, 7) is 4.89. The van der Waals surface area contributed by atoms with Gasteiger partial charge in [0.1, 0.15) is 12.1 Å². The molecule has 26 heavy (non-hydrogen) atoms. The van der Waals surface area contributed by atoms with Crippen molar-refractivity contribution in [1.82, 2.24) is 25.1 Å². The monoisotopic (exact) mass is 351 g/mol.